The van der Waals surface area contributed by atoms with Crippen LogP contribution < -0.4 is 5.43 Å². The third kappa shape index (κ3) is 4.48. The van der Waals surface area contributed by atoms with Gasteiger partial charge < -0.3 is 9.88 Å². The van der Waals surface area contributed by atoms with Gasteiger partial charge in [0.25, 0.3) is 0 Å². The Morgan fingerprint density at radius 2 is 1.85 bits per heavy atom. The molecule has 0 bridgehead atoms. The van der Waals surface area contributed by atoms with Gasteiger partial charge in [-0.05, 0) is 25.8 Å². The number of rotatable bonds is 5. The summed E-state index contributed by atoms with van der Waals surface area (Å²) in [5.41, 5.74) is 3.73. The van der Waals surface area contributed by atoms with Gasteiger partial charge >= 0.3 is 0 Å². The van der Waals surface area contributed by atoms with E-state index in [-0.39, 0.29) is 17.4 Å². The van der Waals surface area contributed by atoms with Crippen LogP contribution in [0.25, 0.3) is 0 Å². The number of hydrogen-bond acceptors (Lipinski definition) is 3. The Bertz CT molecular complexity index is 844. The van der Waals surface area contributed by atoms with Crippen LogP contribution in [0.3, 0.4) is 0 Å². The number of aromatic nitrogens is 1. The lowest BCUT2D eigenvalue weighted by atomic mass is 10.1. The number of aryl methyl sites for hydroxylation is 1. The number of H-pyrrole nitrogens is 1. The SMILES string of the molecule is CCC1CN(Cc2[nH]cc(C)c(=O)c2C)CCC(=O)N1Cc1ccccc1. The summed E-state index contributed by atoms with van der Waals surface area (Å²) in [7, 11) is 0. The number of carbonyl (C=O) groups excluding carboxylic acids is 1. The predicted octanol–water partition coefficient (Wildman–Crippen LogP) is 3.00. The number of pyridine rings is 1. The summed E-state index contributed by atoms with van der Waals surface area (Å²) in [6.07, 6.45) is 3.21. The first kappa shape index (κ1) is 19.4. The summed E-state index contributed by atoms with van der Waals surface area (Å²) >= 11 is 0. The first-order valence-corrected chi connectivity index (χ1v) is 9.73. The maximum absolute atomic E-state index is 12.8. The van der Waals surface area contributed by atoms with Gasteiger partial charge in [0.2, 0.25) is 5.91 Å². The van der Waals surface area contributed by atoms with Crippen molar-refractivity contribution in [2.45, 2.75) is 52.7 Å². The average Bonchev–Trinajstić information content (AvgIpc) is 2.83. The molecule has 1 unspecified atom stereocenters. The van der Waals surface area contributed by atoms with Crippen molar-refractivity contribution in [1.29, 1.82) is 0 Å². The molecule has 0 saturated carbocycles. The van der Waals surface area contributed by atoms with Crippen LogP contribution in [0.1, 0.15) is 42.1 Å². The number of carbonyl (C=O) groups is 1. The van der Waals surface area contributed by atoms with Crippen LogP contribution in [-0.4, -0.2) is 39.8 Å². The zero-order valence-corrected chi connectivity index (χ0v) is 16.5. The molecule has 1 aromatic heterocycles. The molecular weight excluding hydrogens is 338 g/mol. The van der Waals surface area contributed by atoms with Crippen molar-refractivity contribution < 1.29 is 4.79 Å². The molecule has 1 N–H and O–H groups in total. The second-order valence-electron chi connectivity index (χ2n) is 7.46. The van der Waals surface area contributed by atoms with Gasteiger partial charge in [0.15, 0.2) is 5.43 Å². The summed E-state index contributed by atoms with van der Waals surface area (Å²) in [4.78, 5) is 32.6. The molecule has 2 aromatic rings. The molecule has 144 valence electrons. The molecule has 1 aliphatic rings. The van der Waals surface area contributed by atoms with Crippen molar-refractivity contribution in [2.75, 3.05) is 13.1 Å². The van der Waals surface area contributed by atoms with E-state index in [2.05, 4.69) is 28.9 Å². The Kier molecular flexibility index (Phi) is 6.11. The van der Waals surface area contributed by atoms with Gasteiger partial charge in [-0.15, -0.1) is 0 Å². The fraction of sp³-hybridized carbons (Fsp3) is 0.455. The molecule has 2 heterocycles. The second-order valence-corrected chi connectivity index (χ2v) is 7.46. The second kappa shape index (κ2) is 8.53. The monoisotopic (exact) mass is 367 g/mol. The third-order valence-electron chi connectivity index (χ3n) is 5.53. The van der Waals surface area contributed by atoms with Gasteiger partial charge in [0.1, 0.15) is 0 Å². The Morgan fingerprint density at radius 3 is 2.56 bits per heavy atom. The number of aromatic amines is 1. The standard InChI is InChI=1S/C22H29N3O2/c1-4-19-14-24(15-20-17(3)22(27)16(2)12-23-20)11-10-21(26)25(19)13-18-8-6-5-7-9-18/h5-9,12,19H,4,10-11,13-15H2,1-3H3,(H,23,27). The summed E-state index contributed by atoms with van der Waals surface area (Å²) in [5, 5.41) is 0. The van der Waals surface area contributed by atoms with E-state index in [0.717, 1.165) is 41.9 Å². The summed E-state index contributed by atoms with van der Waals surface area (Å²) in [6, 6.07) is 10.4. The molecule has 0 aliphatic carbocycles. The average molecular weight is 367 g/mol. The van der Waals surface area contributed by atoms with Gasteiger partial charge in [-0.3, -0.25) is 14.5 Å². The number of amides is 1. The molecule has 3 rings (SSSR count). The molecule has 1 saturated heterocycles. The topological polar surface area (TPSA) is 56.4 Å². The minimum absolute atomic E-state index is 0.104. The quantitative estimate of drug-likeness (QED) is 0.884. The Balaban J connectivity index is 1.76. The van der Waals surface area contributed by atoms with Crippen LogP contribution in [0.4, 0.5) is 0 Å². The number of nitrogens with zero attached hydrogens (tertiary/aromatic N) is 2. The third-order valence-corrected chi connectivity index (χ3v) is 5.53. The maximum Gasteiger partial charge on any atom is 0.224 e. The highest BCUT2D eigenvalue weighted by Gasteiger charge is 2.29. The molecule has 1 amide bonds. The zero-order chi connectivity index (χ0) is 19.4. The number of hydrogen-bond donors (Lipinski definition) is 1. The lowest BCUT2D eigenvalue weighted by Gasteiger charge is -2.31. The molecule has 1 fully saturated rings. The fourth-order valence-corrected chi connectivity index (χ4v) is 3.77. The lowest BCUT2D eigenvalue weighted by Crippen LogP contribution is -2.42. The fourth-order valence-electron chi connectivity index (χ4n) is 3.77. The van der Waals surface area contributed by atoms with Crippen LogP contribution in [0.5, 0.6) is 0 Å². The van der Waals surface area contributed by atoms with Gasteiger partial charge in [0, 0.05) is 61.7 Å². The van der Waals surface area contributed by atoms with Crippen LogP contribution >= 0.6 is 0 Å². The van der Waals surface area contributed by atoms with Crippen molar-refractivity contribution >= 4 is 5.91 Å². The van der Waals surface area contributed by atoms with Crippen molar-refractivity contribution in [3.63, 3.8) is 0 Å². The minimum Gasteiger partial charge on any atom is -0.363 e. The van der Waals surface area contributed by atoms with E-state index in [1.807, 2.05) is 36.9 Å². The Hall–Kier alpha value is -2.40. The summed E-state index contributed by atoms with van der Waals surface area (Å²) in [5.74, 6) is 0.210. The molecule has 27 heavy (non-hydrogen) atoms. The molecule has 1 atom stereocenters. The lowest BCUT2D eigenvalue weighted by molar-refractivity contribution is -0.133. The first-order chi connectivity index (χ1) is 13.0. The van der Waals surface area contributed by atoms with E-state index in [4.69, 9.17) is 0 Å². The molecule has 0 spiro atoms. The molecule has 5 nitrogen and oxygen atoms in total. The highest BCUT2D eigenvalue weighted by atomic mass is 16.2. The van der Waals surface area contributed by atoms with Gasteiger partial charge in [-0.25, -0.2) is 0 Å². The van der Waals surface area contributed by atoms with Crippen LogP contribution in [0.15, 0.2) is 41.3 Å². The Morgan fingerprint density at radius 1 is 1.11 bits per heavy atom. The molecule has 1 aliphatic heterocycles. The highest BCUT2D eigenvalue weighted by Crippen LogP contribution is 2.19. The van der Waals surface area contributed by atoms with Crippen LogP contribution in [0, 0.1) is 13.8 Å². The molecule has 5 heteroatoms. The highest BCUT2D eigenvalue weighted by molar-refractivity contribution is 5.77. The van der Waals surface area contributed by atoms with Gasteiger partial charge in [-0.1, -0.05) is 37.3 Å². The van der Waals surface area contributed by atoms with Crippen molar-refractivity contribution in [3.05, 3.63) is 69.1 Å². The van der Waals surface area contributed by atoms with Crippen molar-refractivity contribution in [2.24, 2.45) is 0 Å². The summed E-state index contributed by atoms with van der Waals surface area (Å²) in [6.45, 7) is 8.72. The largest absolute Gasteiger partial charge is 0.363 e. The van der Waals surface area contributed by atoms with E-state index in [1.54, 1.807) is 6.20 Å². The number of benzene rings is 1. The van der Waals surface area contributed by atoms with Gasteiger partial charge in [0.05, 0.1) is 0 Å². The predicted molar refractivity (Wildman–Crippen MR) is 108 cm³/mol. The zero-order valence-electron chi connectivity index (χ0n) is 16.5. The molecular formula is C22H29N3O2. The van der Waals surface area contributed by atoms with Crippen molar-refractivity contribution in [3.8, 4) is 0 Å². The van der Waals surface area contributed by atoms with Gasteiger partial charge in [-0.2, -0.15) is 0 Å². The van der Waals surface area contributed by atoms with E-state index in [9.17, 15) is 9.59 Å². The normalized spacial score (nSPS) is 18.6. The van der Waals surface area contributed by atoms with E-state index >= 15 is 0 Å². The van der Waals surface area contributed by atoms with Crippen LogP contribution in [0.2, 0.25) is 0 Å². The summed E-state index contributed by atoms with van der Waals surface area (Å²) < 4.78 is 0. The van der Waals surface area contributed by atoms with Crippen LogP contribution in [-0.2, 0) is 17.9 Å². The maximum atomic E-state index is 12.8. The van der Waals surface area contributed by atoms with E-state index in [0.29, 0.717) is 19.5 Å². The van der Waals surface area contributed by atoms with E-state index in [1.165, 1.54) is 0 Å². The molecule has 1 aromatic carbocycles. The minimum atomic E-state index is 0.104. The van der Waals surface area contributed by atoms with Crippen molar-refractivity contribution in [1.82, 2.24) is 14.8 Å². The smallest absolute Gasteiger partial charge is 0.224 e. The first-order valence-electron chi connectivity index (χ1n) is 9.73. The Labute approximate surface area is 161 Å². The van der Waals surface area contributed by atoms with E-state index < -0.39 is 0 Å². The number of nitrogens with one attached hydrogen (secondary N) is 1. The molecule has 0 radical (unpaired) electrons.